The summed E-state index contributed by atoms with van der Waals surface area (Å²) in [5.41, 5.74) is -1.09. The molecule has 2 amide bonds. The third-order valence-corrected chi connectivity index (χ3v) is 3.83. The standard InChI is InChI=1S/C13H24N2O3/c1-3-4-9-14-12(18)15-13(11(16)17)8-6-5-7-10(13)2/h10H,3-9H2,1-2H3,(H,16,17)(H2,14,15,18). The van der Waals surface area contributed by atoms with E-state index >= 15 is 0 Å². The number of amides is 2. The van der Waals surface area contributed by atoms with Crippen LogP contribution in [0.4, 0.5) is 4.79 Å². The molecule has 1 saturated carbocycles. The third-order valence-electron chi connectivity index (χ3n) is 3.83. The number of carboxylic acid groups (broad SMARTS) is 1. The lowest BCUT2D eigenvalue weighted by atomic mass is 9.73. The molecule has 1 aliphatic rings. The Morgan fingerprint density at radius 3 is 2.67 bits per heavy atom. The molecule has 104 valence electrons. The Kier molecular flexibility index (Phi) is 5.44. The van der Waals surface area contributed by atoms with Gasteiger partial charge in [0, 0.05) is 6.54 Å². The number of urea groups is 1. The van der Waals surface area contributed by atoms with Crippen LogP contribution in [0.15, 0.2) is 0 Å². The molecule has 5 nitrogen and oxygen atoms in total. The van der Waals surface area contributed by atoms with Crippen LogP contribution in [-0.4, -0.2) is 29.2 Å². The predicted octanol–water partition coefficient (Wildman–Crippen LogP) is 2.12. The molecule has 0 bridgehead atoms. The van der Waals surface area contributed by atoms with Crippen molar-refractivity contribution in [2.75, 3.05) is 6.54 Å². The molecule has 5 heteroatoms. The van der Waals surface area contributed by atoms with Crippen molar-refractivity contribution < 1.29 is 14.7 Å². The van der Waals surface area contributed by atoms with E-state index in [1.807, 2.05) is 13.8 Å². The molecular weight excluding hydrogens is 232 g/mol. The zero-order valence-electron chi connectivity index (χ0n) is 11.3. The number of hydrogen-bond acceptors (Lipinski definition) is 2. The second kappa shape index (κ2) is 6.61. The maximum atomic E-state index is 11.8. The second-order valence-corrected chi connectivity index (χ2v) is 5.16. The molecule has 1 rings (SSSR count). The molecule has 0 aromatic heterocycles. The number of nitrogens with one attached hydrogen (secondary N) is 2. The summed E-state index contributed by atoms with van der Waals surface area (Å²) in [4.78, 5) is 23.3. The number of unbranched alkanes of at least 4 members (excludes halogenated alkanes) is 1. The molecule has 2 unspecified atom stereocenters. The van der Waals surface area contributed by atoms with E-state index in [1.54, 1.807) is 0 Å². The van der Waals surface area contributed by atoms with Crippen molar-refractivity contribution in [1.29, 1.82) is 0 Å². The van der Waals surface area contributed by atoms with E-state index in [0.29, 0.717) is 13.0 Å². The highest BCUT2D eigenvalue weighted by atomic mass is 16.4. The zero-order chi connectivity index (χ0) is 13.6. The zero-order valence-corrected chi connectivity index (χ0v) is 11.3. The number of aliphatic carboxylic acids is 1. The SMILES string of the molecule is CCCCNC(=O)NC1(C(=O)O)CCCCC1C. The molecule has 0 aromatic rings. The number of carbonyl (C=O) groups excluding carboxylic acids is 1. The van der Waals surface area contributed by atoms with Gasteiger partial charge in [0.05, 0.1) is 0 Å². The molecule has 0 saturated heterocycles. The Hall–Kier alpha value is -1.26. The molecule has 3 N–H and O–H groups in total. The Morgan fingerprint density at radius 2 is 2.11 bits per heavy atom. The minimum atomic E-state index is -1.09. The molecule has 2 atom stereocenters. The van der Waals surface area contributed by atoms with E-state index in [1.165, 1.54) is 0 Å². The molecule has 0 radical (unpaired) electrons. The summed E-state index contributed by atoms with van der Waals surface area (Å²) in [6.45, 7) is 4.54. The Bertz CT molecular complexity index is 307. The van der Waals surface area contributed by atoms with Gasteiger partial charge in [0.25, 0.3) is 0 Å². The number of carbonyl (C=O) groups is 2. The fourth-order valence-corrected chi connectivity index (χ4v) is 2.53. The number of hydrogen-bond donors (Lipinski definition) is 3. The van der Waals surface area contributed by atoms with Gasteiger partial charge < -0.3 is 15.7 Å². The Morgan fingerprint density at radius 1 is 1.39 bits per heavy atom. The van der Waals surface area contributed by atoms with E-state index in [0.717, 1.165) is 32.1 Å². The average Bonchev–Trinajstić information content (AvgIpc) is 2.32. The van der Waals surface area contributed by atoms with Crippen molar-refractivity contribution >= 4 is 12.0 Å². The Labute approximate surface area is 108 Å². The molecule has 18 heavy (non-hydrogen) atoms. The highest BCUT2D eigenvalue weighted by Gasteiger charge is 2.46. The summed E-state index contributed by atoms with van der Waals surface area (Å²) in [5, 5.41) is 14.8. The summed E-state index contributed by atoms with van der Waals surface area (Å²) < 4.78 is 0. The van der Waals surface area contributed by atoms with Gasteiger partial charge in [-0.25, -0.2) is 9.59 Å². The van der Waals surface area contributed by atoms with Gasteiger partial charge in [-0.1, -0.05) is 33.1 Å². The Balaban J connectivity index is 2.62. The normalized spacial score (nSPS) is 27.6. The van der Waals surface area contributed by atoms with Gasteiger partial charge in [-0.2, -0.15) is 0 Å². The minimum Gasteiger partial charge on any atom is -0.479 e. The smallest absolute Gasteiger partial charge is 0.329 e. The van der Waals surface area contributed by atoms with Gasteiger partial charge in [0.1, 0.15) is 5.54 Å². The van der Waals surface area contributed by atoms with Crippen LogP contribution in [-0.2, 0) is 4.79 Å². The van der Waals surface area contributed by atoms with Crippen LogP contribution in [0.1, 0.15) is 52.4 Å². The van der Waals surface area contributed by atoms with Crippen molar-refractivity contribution in [3.8, 4) is 0 Å². The summed E-state index contributed by atoms with van der Waals surface area (Å²) >= 11 is 0. The van der Waals surface area contributed by atoms with Gasteiger partial charge in [-0.05, 0) is 25.2 Å². The second-order valence-electron chi connectivity index (χ2n) is 5.16. The molecule has 0 spiro atoms. The lowest BCUT2D eigenvalue weighted by molar-refractivity contribution is -0.148. The first kappa shape index (κ1) is 14.8. The van der Waals surface area contributed by atoms with Crippen molar-refractivity contribution in [3.63, 3.8) is 0 Å². The largest absolute Gasteiger partial charge is 0.479 e. The molecule has 1 fully saturated rings. The molecular formula is C13H24N2O3. The summed E-state index contributed by atoms with van der Waals surface area (Å²) in [6, 6.07) is -0.361. The van der Waals surface area contributed by atoms with Crippen molar-refractivity contribution in [2.45, 2.75) is 57.9 Å². The number of carboxylic acids is 1. The van der Waals surface area contributed by atoms with Crippen LogP contribution in [0.2, 0.25) is 0 Å². The molecule has 0 aliphatic heterocycles. The predicted molar refractivity (Wildman–Crippen MR) is 69.4 cm³/mol. The van der Waals surface area contributed by atoms with E-state index in [9.17, 15) is 14.7 Å². The quantitative estimate of drug-likeness (QED) is 0.659. The third kappa shape index (κ3) is 3.37. The topological polar surface area (TPSA) is 78.4 Å². The first-order valence-corrected chi connectivity index (χ1v) is 6.82. The van der Waals surface area contributed by atoms with Crippen LogP contribution >= 0.6 is 0 Å². The van der Waals surface area contributed by atoms with Crippen molar-refractivity contribution in [3.05, 3.63) is 0 Å². The monoisotopic (exact) mass is 256 g/mol. The summed E-state index contributed by atoms with van der Waals surface area (Å²) in [5.74, 6) is -0.944. The first-order valence-electron chi connectivity index (χ1n) is 6.82. The lowest BCUT2D eigenvalue weighted by Crippen LogP contribution is -2.61. The summed E-state index contributed by atoms with van der Waals surface area (Å²) in [7, 11) is 0. The minimum absolute atomic E-state index is 0.0272. The van der Waals surface area contributed by atoms with E-state index in [4.69, 9.17) is 0 Å². The van der Waals surface area contributed by atoms with Crippen LogP contribution < -0.4 is 10.6 Å². The highest BCUT2D eigenvalue weighted by Crippen LogP contribution is 2.33. The lowest BCUT2D eigenvalue weighted by Gasteiger charge is -2.39. The van der Waals surface area contributed by atoms with Crippen LogP contribution in [0.5, 0.6) is 0 Å². The van der Waals surface area contributed by atoms with Crippen LogP contribution in [0, 0.1) is 5.92 Å². The van der Waals surface area contributed by atoms with E-state index < -0.39 is 11.5 Å². The molecule has 1 aliphatic carbocycles. The summed E-state index contributed by atoms with van der Waals surface area (Å²) in [6.07, 6.45) is 5.16. The number of rotatable bonds is 5. The maximum Gasteiger partial charge on any atom is 0.329 e. The van der Waals surface area contributed by atoms with Gasteiger partial charge in [0.15, 0.2) is 0 Å². The van der Waals surface area contributed by atoms with Crippen LogP contribution in [0.25, 0.3) is 0 Å². The maximum absolute atomic E-state index is 11.8. The highest BCUT2D eigenvalue weighted by molar-refractivity contribution is 5.86. The average molecular weight is 256 g/mol. The van der Waals surface area contributed by atoms with E-state index in [2.05, 4.69) is 10.6 Å². The van der Waals surface area contributed by atoms with Crippen LogP contribution in [0.3, 0.4) is 0 Å². The molecule has 0 aromatic carbocycles. The fourth-order valence-electron chi connectivity index (χ4n) is 2.53. The van der Waals surface area contributed by atoms with Crippen molar-refractivity contribution in [1.82, 2.24) is 10.6 Å². The van der Waals surface area contributed by atoms with Gasteiger partial charge in [-0.15, -0.1) is 0 Å². The molecule has 0 heterocycles. The van der Waals surface area contributed by atoms with Gasteiger partial charge in [0.2, 0.25) is 0 Å². The van der Waals surface area contributed by atoms with E-state index in [-0.39, 0.29) is 11.9 Å². The van der Waals surface area contributed by atoms with Gasteiger partial charge in [-0.3, -0.25) is 0 Å². The van der Waals surface area contributed by atoms with Gasteiger partial charge >= 0.3 is 12.0 Å². The van der Waals surface area contributed by atoms with Crippen molar-refractivity contribution in [2.24, 2.45) is 5.92 Å². The fraction of sp³-hybridized carbons (Fsp3) is 0.846. The first-order chi connectivity index (χ1) is 8.53.